The predicted molar refractivity (Wildman–Crippen MR) is 112 cm³/mol. The van der Waals surface area contributed by atoms with Gasteiger partial charge in [-0.3, -0.25) is 4.79 Å². The van der Waals surface area contributed by atoms with Gasteiger partial charge in [0.05, 0.1) is 29.4 Å². The maximum Gasteiger partial charge on any atom is 0.340 e. The first-order valence-electron chi connectivity index (χ1n) is 9.09. The van der Waals surface area contributed by atoms with Crippen LogP contribution in [0.3, 0.4) is 0 Å². The zero-order chi connectivity index (χ0) is 22.1. The van der Waals surface area contributed by atoms with Crippen molar-refractivity contribution in [2.45, 2.75) is 31.7 Å². The van der Waals surface area contributed by atoms with E-state index in [2.05, 4.69) is 5.32 Å². The molecular weight excluding hydrogens is 408 g/mol. The first-order chi connectivity index (χ1) is 14.1. The van der Waals surface area contributed by atoms with Crippen LogP contribution >= 0.6 is 0 Å². The Balaban J connectivity index is 1.80. The first kappa shape index (κ1) is 21.5. The molecule has 8 nitrogen and oxygen atoms in total. The molecule has 30 heavy (non-hydrogen) atoms. The Morgan fingerprint density at radius 2 is 1.83 bits per heavy atom. The first-order valence-corrected chi connectivity index (χ1v) is 10.6. The van der Waals surface area contributed by atoms with Crippen LogP contribution in [0.2, 0.25) is 0 Å². The average molecular weight is 430 g/mol. The van der Waals surface area contributed by atoms with Gasteiger partial charge in [-0.2, -0.15) is 0 Å². The molecule has 0 saturated heterocycles. The molecule has 2 aromatic carbocycles. The molecule has 0 aliphatic heterocycles. The summed E-state index contributed by atoms with van der Waals surface area (Å²) in [6.07, 6.45) is -0.156. The average Bonchev–Trinajstić information content (AvgIpc) is 2.68. The van der Waals surface area contributed by atoms with Gasteiger partial charge in [-0.05, 0) is 54.8 Å². The van der Waals surface area contributed by atoms with Gasteiger partial charge >= 0.3 is 5.63 Å². The van der Waals surface area contributed by atoms with E-state index in [1.807, 2.05) is 13.0 Å². The summed E-state index contributed by atoms with van der Waals surface area (Å²) in [4.78, 5) is 24.9. The van der Waals surface area contributed by atoms with Crippen LogP contribution in [0.5, 0.6) is 5.75 Å². The number of ether oxygens (including phenoxy) is 1. The van der Waals surface area contributed by atoms with Crippen LogP contribution in [0.15, 0.2) is 50.5 Å². The Hall–Kier alpha value is -3.17. The van der Waals surface area contributed by atoms with Gasteiger partial charge in [0.1, 0.15) is 11.3 Å². The number of amides is 1. The third-order valence-electron chi connectivity index (χ3n) is 4.79. The second kappa shape index (κ2) is 8.29. The molecule has 3 N–H and O–H groups in total. The van der Waals surface area contributed by atoms with Crippen LogP contribution in [-0.2, 0) is 27.8 Å². The lowest BCUT2D eigenvalue weighted by Gasteiger charge is -2.12. The van der Waals surface area contributed by atoms with Crippen molar-refractivity contribution >= 4 is 26.9 Å². The summed E-state index contributed by atoms with van der Waals surface area (Å²) in [5.74, 6) is 0.203. The van der Waals surface area contributed by atoms with Crippen molar-refractivity contribution in [3.05, 3.63) is 69.1 Å². The number of hydrogen-bond donors (Lipinski definition) is 2. The summed E-state index contributed by atoms with van der Waals surface area (Å²) >= 11 is 0. The fraction of sp³-hybridized carbons (Fsp3) is 0.238. The molecule has 0 unspecified atom stereocenters. The zero-order valence-electron chi connectivity index (χ0n) is 16.8. The molecule has 0 spiro atoms. The number of methoxy groups -OCH3 is 1. The van der Waals surface area contributed by atoms with E-state index in [4.69, 9.17) is 14.3 Å². The maximum atomic E-state index is 12.4. The quantitative estimate of drug-likeness (QED) is 0.575. The van der Waals surface area contributed by atoms with Crippen molar-refractivity contribution in [1.29, 1.82) is 0 Å². The van der Waals surface area contributed by atoms with E-state index in [-0.39, 0.29) is 29.3 Å². The summed E-state index contributed by atoms with van der Waals surface area (Å²) in [7, 11) is -2.24. The summed E-state index contributed by atoms with van der Waals surface area (Å²) in [5, 5.41) is 8.44. The van der Waals surface area contributed by atoms with Crippen LogP contribution in [-0.4, -0.2) is 21.4 Å². The summed E-state index contributed by atoms with van der Waals surface area (Å²) in [6, 6.07) is 9.44. The molecule has 0 aliphatic carbocycles. The standard InChI is InChI=1S/C21H22N2O6S/c1-12-8-17(28-3)20-13(2)16(21(25)29-18(20)9-12)10-19(24)23-11-14-4-6-15(7-5-14)30(22,26)27/h4-9H,10-11H2,1-3H3,(H,23,24)(H2,22,26,27). The molecule has 1 amide bonds. The number of fused-ring (bicyclic) bond motifs is 1. The van der Waals surface area contributed by atoms with Crippen molar-refractivity contribution in [1.82, 2.24) is 5.32 Å². The van der Waals surface area contributed by atoms with Crippen LogP contribution in [0.25, 0.3) is 11.0 Å². The fourth-order valence-corrected chi connectivity index (χ4v) is 3.74. The number of carbonyl (C=O) groups is 1. The summed E-state index contributed by atoms with van der Waals surface area (Å²) < 4.78 is 33.4. The highest BCUT2D eigenvalue weighted by Gasteiger charge is 2.18. The molecule has 0 atom stereocenters. The number of aryl methyl sites for hydroxylation is 2. The van der Waals surface area contributed by atoms with E-state index in [1.54, 1.807) is 25.1 Å². The zero-order valence-corrected chi connectivity index (χ0v) is 17.6. The lowest BCUT2D eigenvalue weighted by Crippen LogP contribution is -2.27. The number of rotatable bonds is 6. The highest BCUT2D eigenvalue weighted by Crippen LogP contribution is 2.30. The minimum Gasteiger partial charge on any atom is -0.496 e. The van der Waals surface area contributed by atoms with Crippen molar-refractivity contribution in [2.24, 2.45) is 5.14 Å². The normalized spacial score (nSPS) is 11.5. The number of primary sulfonamides is 1. The molecule has 158 valence electrons. The summed E-state index contributed by atoms with van der Waals surface area (Å²) in [5.41, 5.74) is 2.31. The van der Waals surface area contributed by atoms with E-state index in [0.29, 0.717) is 27.8 Å². The predicted octanol–water partition coefficient (Wildman–Crippen LogP) is 1.92. The highest BCUT2D eigenvalue weighted by molar-refractivity contribution is 7.89. The van der Waals surface area contributed by atoms with Gasteiger partial charge in [-0.25, -0.2) is 18.4 Å². The number of nitrogens with two attached hydrogens (primary N) is 1. The lowest BCUT2D eigenvalue weighted by molar-refractivity contribution is -0.120. The van der Waals surface area contributed by atoms with Gasteiger partial charge in [0.25, 0.3) is 0 Å². The Morgan fingerprint density at radius 3 is 2.43 bits per heavy atom. The Bertz CT molecular complexity index is 1280. The third-order valence-corrected chi connectivity index (χ3v) is 5.72. The van der Waals surface area contributed by atoms with Crippen LogP contribution in [0, 0.1) is 13.8 Å². The molecule has 3 rings (SSSR count). The van der Waals surface area contributed by atoms with Crippen molar-refractivity contribution in [2.75, 3.05) is 7.11 Å². The molecule has 0 radical (unpaired) electrons. The summed E-state index contributed by atoms with van der Waals surface area (Å²) in [6.45, 7) is 3.80. The number of benzene rings is 2. The van der Waals surface area contributed by atoms with Crippen molar-refractivity contribution in [3.8, 4) is 5.75 Å². The second-order valence-electron chi connectivity index (χ2n) is 6.98. The smallest absolute Gasteiger partial charge is 0.340 e. The molecule has 0 bridgehead atoms. The van der Waals surface area contributed by atoms with Crippen molar-refractivity contribution in [3.63, 3.8) is 0 Å². The van der Waals surface area contributed by atoms with Gasteiger partial charge < -0.3 is 14.5 Å². The van der Waals surface area contributed by atoms with Gasteiger partial charge in [-0.15, -0.1) is 0 Å². The largest absolute Gasteiger partial charge is 0.496 e. The number of nitrogens with one attached hydrogen (secondary N) is 1. The van der Waals surface area contributed by atoms with Crippen LogP contribution < -0.4 is 20.8 Å². The Morgan fingerprint density at radius 1 is 1.17 bits per heavy atom. The lowest BCUT2D eigenvalue weighted by atomic mass is 10.0. The van der Waals surface area contributed by atoms with Gasteiger partial charge in [-0.1, -0.05) is 12.1 Å². The van der Waals surface area contributed by atoms with Crippen LogP contribution in [0.4, 0.5) is 0 Å². The third kappa shape index (κ3) is 4.52. The Kier molecular flexibility index (Phi) is 5.95. The monoisotopic (exact) mass is 430 g/mol. The molecule has 1 heterocycles. The van der Waals surface area contributed by atoms with Crippen molar-refractivity contribution < 1.29 is 22.4 Å². The van der Waals surface area contributed by atoms with E-state index >= 15 is 0 Å². The van der Waals surface area contributed by atoms with Crippen LogP contribution in [0.1, 0.15) is 22.3 Å². The highest BCUT2D eigenvalue weighted by atomic mass is 32.2. The maximum absolute atomic E-state index is 12.4. The minimum atomic E-state index is -3.77. The van der Waals surface area contributed by atoms with E-state index in [9.17, 15) is 18.0 Å². The van der Waals surface area contributed by atoms with E-state index in [1.165, 1.54) is 19.2 Å². The van der Waals surface area contributed by atoms with E-state index in [0.717, 1.165) is 5.56 Å². The number of hydrogen-bond acceptors (Lipinski definition) is 6. The number of carbonyl (C=O) groups excluding carboxylic acids is 1. The molecular formula is C21H22N2O6S. The number of sulfonamides is 1. The minimum absolute atomic E-state index is 0.00819. The molecule has 0 aliphatic rings. The molecule has 0 fully saturated rings. The molecule has 9 heteroatoms. The molecule has 0 saturated carbocycles. The topological polar surface area (TPSA) is 129 Å². The van der Waals surface area contributed by atoms with E-state index < -0.39 is 15.6 Å². The Labute approximate surface area is 173 Å². The van der Waals surface area contributed by atoms with Gasteiger partial charge in [0.15, 0.2) is 0 Å². The van der Waals surface area contributed by atoms with Gasteiger partial charge in [0.2, 0.25) is 15.9 Å². The molecule has 3 aromatic rings. The fourth-order valence-electron chi connectivity index (χ4n) is 3.22. The molecule has 1 aromatic heterocycles. The second-order valence-corrected chi connectivity index (χ2v) is 8.54. The van der Waals surface area contributed by atoms with Gasteiger partial charge in [0, 0.05) is 6.54 Å². The SMILES string of the molecule is COc1cc(C)cc2oc(=O)c(CC(=O)NCc3ccc(S(N)(=O)=O)cc3)c(C)c12.